The largest absolute Gasteiger partial charge is 0.342 e. The van der Waals surface area contributed by atoms with Gasteiger partial charge in [0, 0.05) is 30.1 Å². The standard InChI is InChI=1S/C20H22BrF2N3O/c1-26(20(27)17-8-7-15(23)11-18(17)21)9-3-6-16-12-19(25-24-16)13-4-2-5-14(22)10-13/h2,4-5,7-8,10-11,16,19,24-25H,3,6,9,12H2,1H3. The molecule has 7 heteroatoms. The first kappa shape index (κ1) is 19.9. The summed E-state index contributed by atoms with van der Waals surface area (Å²) in [6.45, 7) is 0.603. The Morgan fingerprint density at radius 3 is 2.70 bits per heavy atom. The van der Waals surface area contributed by atoms with Crippen molar-refractivity contribution in [2.24, 2.45) is 0 Å². The Morgan fingerprint density at radius 2 is 1.96 bits per heavy atom. The fourth-order valence-electron chi connectivity index (χ4n) is 3.30. The molecule has 2 aromatic rings. The van der Waals surface area contributed by atoms with Crippen LogP contribution in [0.15, 0.2) is 46.9 Å². The van der Waals surface area contributed by atoms with E-state index in [4.69, 9.17) is 0 Å². The molecule has 2 aromatic carbocycles. The van der Waals surface area contributed by atoms with E-state index in [1.165, 1.54) is 24.3 Å². The summed E-state index contributed by atoms with van der Waals surface area (Å²) in [4.78, 5) is 14.1. The van der Waals surface area contributed by atoms with Crippen molar-refractivity contribution < 1.29 is 13.6 Å². The van der Waals surface area contributed by atoms with Crippen LogP contribution in [0.5, 0.6) is 0 Å². The second-order valence-electron chi connectivity index (χ2n) is 6.82. The van der Waals surface area contributed by atoms with E-state index in [0.717, 1.165) is 24.8 Å². The average Bonchev–Trinajstić information content (AvgIpc) is 3.10. The number of carbonyl (C=O) groups is 1. The third kappa shape index (κ3) is 5.12. The smallest absolute Gasteiger partial charge is 0.254 e. The summed E-state index contributed by atoms with van der Waals surface area (Å²) >= 11 is 3.24. The molecule has 0 radical (unpaired) electrons. The number of carbonyl (C=O) groups excluding carboxylic acids is 1. The van der Waals surface area contributed by atoms with E-state index in [0.29, 0.717) is 16.6 Å². The number of halogens is 3. The molecule has 1 fully saturated rings. The Morgan fingerprint density at radius 1 is 1.19 bits per heavy atom. The van der Waals surface area contributed by atoms with Gasteiger partial charge in [0.2, 0.25) is 0 Å². The van der Waals surface area contributed by atoms with E-state index in [2.05, 4.69) is 26.8 Å². The van der Waals surface area contributed by atoms with Gasteiger partial charge in [0.1, 0.15) is 11.6 Å². The summed E-state index contributed by atoms with van der Waals surface area (Å²) in [5.74, 6) is -0.754. The summed E-state index contributed by atoms with van der Waals surface area (Å²) in [6, 6.07) is 11.0. The normalized spacial score (nSPS) is 19.3. The minimum absolute atomic E-state index is 0.0835. The first-order chi connectivity index (χ1) is 12.9. The monoisotopic (exact) mass is 437 g/mol. The second kappa shape index (κ2) is 8.91. The van der Waals surface area contributed by atoms with Crippen molar-refractivity contribution >= 4 is 21.8 Å². The molecule has 1 saturated heterocycles. The number of hydrazine groups is 1. The molecule has 1 amide bonds. The highest BCUT2D eigenvalue weighted by atomic mass is 79.9. The molecular weight excluding hydrogens is 416 g/mol. The van der Waals surface area contributed by atoms with E-state index in [1.807, 2.05) is 6.07 Å². The van der Waals surface area contributed by atoms with Gasteiger partial charge in [-0.1, -0.05) is 12.1 Å². The van der Waals surface area contributed by atoms with Gasteiger partial charge in [-0.05, 0) is 71.1 Å². The zero-order valence-corrected chi connectivity index (χ0v) is 16.6. The highest BCUT2D eigenvalue weighted by Crippen LogP contribution is 2.25. The van der Waals surface area contributed by atoms with Crippen molar-refractivity contribution in [3.63, 3.8) is 0 Å². The Labute approximate surface area is 166 Å². The van der Waals surface area contributed by atoms with Crippen LogP contribution in [-0.2, 0) is 0 Å². The van der Waals surface area contributed by atoms with Gasteiger partial charge >= 0.3 is 0 Å². The van der Waals surface area contributed by atoms with Crippen LogP contribution in [0.1, 0.15) is 41.2 Å². The lowest BCUT2D eigenvalue weighted by Crippen LogP contribution is -2.32. The Balaban J connectivity index is 1.46. The Hall–Kier alpha value is -1.83. The van der Waals surface area contributed by atoms with Crippen LogP contribution in [0.25, 0.3) is 0 Å². The highest BCUT2D eigenvalue weighted by molar-refractivity contribution is 9.10. The van der Waals surface area contributed by atoms with Gasteiger partial charge in [0.15, 0.2) is 0 Å². The SMILES string of the molecule is CN(CCCC1CC(c2cccc(F)c2)NN1)C(=O)c1ccc(F)cc1Br. The molecule has 3 rings (SSSR count). The van der Waals surface area contributed by atoms with Crippen molar-refractivity contribution in [2.75, 3.05) is 13.6 Å². The van der Waals surface area contributed by atoms with Crippen molar-refractivity contribution in [3.05, 3.63) is 69.7 Å². The van der Waals surface area contributed by atoms with Crippen LogP contribution in [0.2, 0.25) is 0 Å². The predicted molar refractivity (Wildman–Crippen MR) is 104 cm³/mol. The molecule has 2 atom stereocenters. The predicted octanol–water partition coefficient (Wildman–Crippen LogP) is 4.19. The topological polar surface area (TPSA) is 44.4 Å². The number of benzene rings is 2. The molecule has 144 valence electrons. The van der Waals surface area contributed by atoms with Crippen LogP contribution >= 0.6 is 15.9 Å². The summed E-state index contributed by atoms with van der Waals surface area (Å²) < 4.78 is 27.0. The minimum Gasteiger partial charge on any atom is -0.342 e. The molecule has 0 spiro atoms. The average molecular weight is 438 g/mol. The molecule has 0 saturated carbocycles. The number of amides is 1. The quantitative estimate of drug-likeness (QED) is 0.711. The molecule has 2 unspecified atom stereocenters. The summed E-state index contributed by atoms with van der Waals surface area (Å²) in [5.41, 5.74) is 7.84. The first-order valence-electron chi connectivity index (χ1n) is 8.91. The molecule has 0 bridgehead atoms. The van der Waals surface area contributed by atoms with E-state index in [9.17, 15) is 13.6 Å². The molecule has 1 aliphatic heterocycles. The van der Waals surface area contributed by atoms with Crippen LogP contribution in [-0.4, -0.2) is 30.4 Å². The molecule has 0 aromatic heterocycles. The van der Waals surface area contributed by atoms with Gasteiger partial charge in [-0.3, -0.25) is 15.6 Å². The third-order valence-electron chi connectivity index (χ3n) is 4.79. The van der Waals surface area contributed by atoms with Gasteiger partial charge in [0.05, 0.1) is 5.56 Å². The molecular formula is C20H22BrF2N3O. The van der Waals surface area contributed by atoms with Crippen LogP contribution in [0, 0.1) is 11.6 Å². The second-order valence-corrected chi connectivity index (χ2v) is 7.68. The summed E-state index contributed by atoms with van der Waals surface area (Å²) in [7, 11) is 1.74. The molecule has 1 heterocycles. The molecule has 2 N–H and O–H groups in total. The molecule has 4 nitrogen and oxygen atoms in total. The molecule has 27 heavy (non-hydrogen) atoms. The number of hydrogen-bond acceptors (Lipinski definition) is 3. The first-order valence-corrected chi connectivity index (χ1v) is 9.70. The van der Waals surface area contributed by atoms with Gasteiger partial charge in [0.25, 0.3) is 5.91 Å². The Bertz CT molecular complexity index is 818. The zero-order valence-electron chi connectivity index (χ0n) is 15.0. The van der Waals surface area contributed by atoms with Crippen LogP contribution in [0.3, 0.4) is 0 Å². The van der Waals surface area contributed by atoms with Gasteiger partial charge < -0.3 is 4.90 Å². The van der Waals surface area contributed by atoms with Crippen LogP contribution < -0.4 is 10.9 Å². The number of hydrogen-bond donors (Lipinski definition) is 2. The van der Waals surface area contributed by atoms with E-state index in [1.54, 1.807) is 24.1 Å². The van der Waals surface area contributed by atoms with Crippen molar-refractivity contribution in [2.45, 2.75) is 31.3 Å². The van der Waals surface area contributed by atoms with E-state index in [-0.39, 0.29) is 29.6 Å². The fourth-order valence-corrected chi connectivity index (χ4v) is 3.82. The van der Waals surface area contributed by atoms with Crippen LogP contribution in [0.4, 0.5) is 8.78 Å². The lowest BCUT2D eigenvalue weighted by molar-refractivity contribution is 0.0790. The van der Waals surface area contributed by atoms with E-state index >= 15 is 0 Å². The lowest BCUT2D eigenvalue weighted by Gasteiger charge is -2.19. The van der Waals surface area contributed by atoms with Gasteiger partial charge in [-0.2, -0.15) is 0 Å². The maximum Gasteiger partial charge on any atom is 0.254 e. The maximum absolute atomic E-state index is 13.4. The van der Waals surface area contributed by atoms with Crippen molar-refractivity contribution in [1.29, 1.82) is 0 Å². The minimum atomic E-state index is -0.381. The number of nitrogens with one attached hydrogen (secondary N) is 2. The van der Waals surface area contributed by atoms with Gasteiger partial charge in [-0.15, -0.1) is 0 Å². The lowest BCUT2D eigenvalue weighted by atomic mass is 9.99. The number of rotatable bonds is 6. The van der Waals surface area contributed by atoms with Crippen molar-refractivity contribution in [3.8, 4) is 0 Å². The van der Waals surface area contributed by atoms with Crippen molar-refractivity contribution in [1.82, 2.24) is 15.8 Å². The van der Waals surface area contributed by atoms with E-state index < -0.39 is 0 Å². The molecule has 0 aliphatic carbocycles. The fraction of sp³-hybridized carbons (Fsp3) is 0.350. The zero-order chi connectivity index (χ0) is 19.4. The van der Waals surface area contributed by atoms with Gasteiger partial charge in [-0.25, -0.2) is 8.78 Å². The molecule has 1 aliphatic rings. The Kier molecular flexibility index (Phi) is 6.57. The maximum atomic E-state index is 13.4. The number of nitrogens with zero attached hydrogens (tertiary/aromatic N) is 1. The third-order valence-corrected chi connectivity index (χ3v) is 5.44. The summed E-state index contributed by atoms with van der Waals surface area (Å²) in [5, 5.41) is 0. The highest BCUT2D eigenvalue weighted by Gasteiger charge is 2.25. The summed E-state index contributed by atoms with van der Waals surface area (Å²) in [6.07, 6.45) is 2.59.